The molecule has 0 aromatic carbocycles. The van der Waals surface area contributed by atoms with Crippen LogP contribution >= 0.6 is 0 Å². The predicted molar refractivity (Wildman–Crippen MR) is 65.9 cm³/mol. The van der Waals surface area contributed by atoms with Crippen molar-refractivity contribution >= 4 is 23.1 Å². The topological polar surface area (TPSA) is 27.7 Å². The van der Waals surface area contributed by atoms with E-state index in [2.05, 4.69) is 0 Å². The van der Waals surface area contributed by atoms with Gasteiger partial charge in [-0.15, -0.1) is 0 Å². The Morgan fingerprint density at radius 3 is 0.611 bits per heavy atom. The number of halogens is 2. The Morgan fingerprint density at radius 1 is 0.389 bits per heavy atom. The van der Waals surface area contributed by atoms with Gasteiger partial charge in [-0.3, -0.25) is 0 Å². The Labute approximate surface area is 162 Å². The van der Waals surface area contributed by atoms with Crippen LogP contribution in [0.25, 0.3) is 0 Å². The van der Waals surface area contributed by atoms with Crippen molar-refractivity contribution in [2.24, 2.45) is 0 Å². The van der Waals surface area contributed by atoms with E-state index in [1.54, 1.807) is 0 Å². The van der Waals surface area contributed by atoms with E-state index in [1.165, 1.54) is 38.5 Å². The van der Waals surface area contributed by atoms with Crippen LogP contribution in [-0.2, 0) is 14.2 Å². The molecule has 0 bridgehead atoms. The van der Waals surface area contributed by atoms with Gasteiger partial charge < -0.3 is 62.2 Å². The van der Waals surface area contributed by atoms with Gasteiger partial charge in [-0.1, -0.05) is 0 Å². The molecule has 0 aliphatic carbocycles. The average molecular weight is 494 g/mol. The Morgan fingerprint density at radius 2 is 0.556 bits per heavy atom. The van der Waals surface area contributed by atoms with E-state index >= 15 is 0 Å². The van der Waals surface area contributed by atoms with Crippen LogP contribution in [0, 0.1) is 0 Å². The summed E-state index contributed by atoms with van der Waals surface area (Å²) in [6.07, 6.45) is 7.67. The molecule has 0 saturated carbocycles. The molecular formula is C12H24I2MgO3. The van der Waals surface area contributed by atoms with Crippen LogP contribution in [0.4, 0.5) is 0 Å². The van der Waals surface area contributed by atoms with Gasteiger partial charge in [0, 0.05) is 39.6 Å². The second kappa shape index (κ2) is 21.4. The van der Waals surface area contributed by atoms with E-state index in [0.29, 0.717) is 0 Å². The molecule has 3 saturated heterocycles. The third-order valence-corrected chi connectivity index (χ3v) is 2.48. The van der Waals surface area contributed by atoms with Crippen LogP contribution in [0.15, 0.2) is 0 Å². The fraction of sp³-hybridized carbons (Fsp3) is 1.00. The number of hydrogen-bond acceptors (Lipinski definition) is 3. The van der Waals surface area contributed by atoms with Crippen molar-refractivity contribution in [2.45, 2.75) is 38.5 Å². The van der Waals surface area contributed by atoms with E-state index < -0.39 is 0 Å². The Kier molecular flexibility index (Phi) is 29.8. The van der Waals surface area contributed by atoms with Crippen molar-refractivity contribution in [3.8, 4) is 0 Å². The van der Waals surface area contributed by atoms with E-state index in [1.807, 2.05) is 0 Å². The standard InChI is InChI=1S/3C4H8O.2HI.Mg/c3*1-2-4-5-3-1;;;/h3*1-4H2;2*1H;/q;;;;;+2/p-2. The molecule has 3 nitrogen and oxygen atoms in total. The summed E-state index contributed by atoms with van der Waals surface area (Å²) >= 11 is 0. The molecular weight excluding hydrogens is 470 g/mol. The first kappa shape index (κ1) is 25.1. The maximum Gasteiger partial charge on any atom is 2.00 e. The SMILES string of the molecule is C1CCOC1.C1CCOC1.C1CCOC1.[I-].[I-].[Mg+2]. The summed E-state index contributed by atoms with van der Waals surface area (Å²) in [4.78, 5) is 0. The minimum atomic E-state index is 0. The minimum Gasteiger partial charge on any atom is -1.00 e. The van der Waals surface area contributed by atoms with Crippen molar-refractivity contribution in [3.05, 3.63) is 0 Å². The van der Waals surface area contributed by atoms with Gasteiger partial charge in [0.2, 0.25) is 0 Å². The Balaban J connectivity index is -0.000000173. The van der Waals surface area contributed by atoms with Crippen LogP contribution in [0.1, 0.15) is 38.5 Å². The van der Waals surface area contributed by atoms with Gasteiger partial charge >= 0.3 is 23.1 Å². The summed E-state index contributed by atoms with van der Waals surface area (Å²) in [5, 5.41) is 0. The van der Waals surface area contributed by atoms with Crippen LogP contribution in [0.2, 0.25) is 0 Å². The first-order chi connectivity index (χ1) is 7.50. The van der Waals surface area contributed by atoms with Crippen molar-refractivity contribution in [2.75, 3.05) is 39.6 Å². The Hall–Kier alpha value is 2.11. The van der Waals surface area contributed by atoms with Gasteiger partial charge in [-0.2, -0.15) is 0 Å². The fourth-order valence-electron chi connectivity index (χ4n) is 1.53. The van der Waals surface area contributed by atoms with Gasteiger partial charge in [0.25, 0.3) is 0 Å². The third-order valence-electron chi connectivity index (χ3n) is 2.48. The zero-order valence-electron chi connectivity index (χ0n) is 11.2. The van der Waals surface area contributed by atoms with Crippen molar-refractivity contribution in [1.29, 1.82) is 0 Å². The second-order valence-corrected chi connectivity index (χ2v) is 3.96. The molecule has 0 aromatic rings. The molecule has 0 spiro atoms. The molecule has 18 heavy (non-hydrogen) atoms. The molecule has 3 rings (SSSR count). The third kappa shape index (κ3) is 18.1. The number of hydrogen-bond donors (Lipinski definition) is 0. The van der Waals surface area contributed by atoms with Gasteiger partial charge in [-0.05, 0) is 38.5 Å². The van der Waals surface area contributed by atoms with Gasteiger partial charge in [-0.25, -0.2) is 0 Å². The van der Waals surface area contributed by atoms with Crippen LogP contribution < -0.4 is 48.0 Å². The largest absolute Gasteiger partial charge is 2.00 e. The van der Waals surface area contributed by atoms with Crippen molar-refractivity contribution < 1.29 is 62.2 Å². The summed E-state index contributed by atoms with van der Waals surface area (Å²) < 4.78 is 14.8. The molecule has 0 aromatic heterocycles. The molecule has 3 aliphatic rings. The van der Waals surface area contributed by atoms with Gasteiger partial charge in [0.15, 0.2) is 0 Å². The molecule has 3 heterocycles. The summed E-state index contributed by atoms with van der Waals surface area (Å²) in [5.41, 5.74) is 0. The first-order valence-corrected chi connectivity index (χ1v) is 6.23. The summed E-state index contributed by atoms with van der Waals surface area (Å²) in [6.45, 7) is 6.00. The summed E-state index contributed by atoms with van der Waals surface area (Å²) in [6, 6.07) is 0. The maximum absolute atomic E-state index is 4.94. The quantitative estimate of drug-likeness (QED) is 0.254. The molecule has 3 fully saturated rings. The molecule has 106 valence electrons. The average Bonchev–Trinajstić information content (AvgIpc) is 3.09. The second-order valence-electron chi connectivity index (χ2n) is 3.96. The smallest absolute Gasteiger partial charge is 1.00 e. The maximum atomic E-state index is 4.94. The molecule has 0 unspecified atom stereocenters. The minimum absolute atomic E-state index is 0. The van der Waals surface area contributed by atoms with E-state index in [-0.39, 0.29) is 71.0 Å². The van der Waals surface area contributed by atoms with Crippen LogP contribution in [0.3, 0.4) is 0 Å². The van der Waals surface area contributed by atoms with Crippen molar-refractivity contribution in [3.63, 3.8) is 0 Å². The molecule has 0 N–H and O–H groups in total. The zero-order valence-corrected chi connectivity index (χ0v) is 16.9. The Bertz CT molecular complexity index is 83.9. The van der Waals surface area contributed by atoms with Crippen molar-refractivity contribution in [1.82, 2.24) is 0 Å². The molecule has 0 atom stereocenters. The van der Waals surface area contributed by atoms with Gasteiger partial charge in [0.1, 0.15) is 0 Å². The molecule has 0 radical (unpaired) electrons. The molecule has 6 heteroatoms. The summed E-state index contributed by atoms with van der Waals surface area (Å²) in [5.74, 6) is 0. The first-order valence-electron chi connectivity index (χ1n) is 6.23. The van der Waals surface area contributed by atoms with E-state index in [0.717, 1.165) is 39.6 Å². The summed E-state index contributed by atoms with van der Waals surface area (Å²) in [7, 11) is 0. The van der Waals surface area contributed by atoms with Gasteiger partial charge in [0.05, 0.1) is 0 Å². The normalized spacial score (nSPS) is 20.0. The molecule has 3 aliphatic heterocycles. The number of rotatable bonds is 0. The predicted octanol–water partition coefficient (Wildman–Crippen LogP) is -3.98. The fourth-order valence-corrected chi connectivity index (χ4v) is 1.53. The molecule has 0 amide bonds. The number of ether oxygens (including phenoxy) is 3. The van der Waals surface area contributed by atoms with Crippen LogP contribution in [0.5, 0.6) is 0 Å². The van der Waals surface area contributed by atoms with E-state index in [4.69, 9.17) is 14.2 Å². The van der Waals surface area contributed by atoms with Crippen LogP contribution in [-0.4, -0.2) is 62.7 Å². The monoisotopic (exact) mass is 494 g/mol. The van der Waals surface area contributed by atoms with E-state index in [9.17, 15) is 0 Å². The zero-order chi connectivity index (χ0) is 10.6.